The zero-order valence-corrected chi connectivity index (χ0v) is 20.9. The average Bonchev–Trinajstić information content (AvgIpc) is 3.08. The van der Waals surface area contributed by atoms with Gasteiger partial charge in [-0.15, -0.1) is 0 Å². The van der Waals surface area contributed by atoms with Gasteiger partial charge in [-0.3, -0.25) is 9.36 Å². The first-order chi connectivity index (χ1) is 15.5. The van der Waals surface area contributed by atoms with Crippen molar-refractivity contribution < 1.29 is 8.42 Å². The van der Waals surface area contributed by atoms with E-state index in [1.165, 1.54) is 6.26 Å². The van der Waals surface area contributed by atoms with E-state index in [0.717, 1.165) is 24.2 Å². The minimum atomic E-state index is -3.39. The quantitative estimate of drug-likeness (QED) is 0.611. The largest absolute Gasteiger partial charge is 0.377 e. The number of aromatic nitrogens is 2. The minimum absolute atomic E-state index is 0.0732. The molecule has 4 rings (SSSR count). The zero-order valence-electron chi connectivity index (χ0n) is 20.1. The molecule has 1 fully saturated rings. The molecule has 0 bridgehead atoms. The van der Waals surface area contributed by atoms with Crippen LogP contribution in [-0.4, -0.2) is 37.3 Å². The van der Waals surface area contributed by atoms with Gasteiger partial charge in [0.15, 0.2) is 9.84 Å². The Balaban J connectivity index is 1.84. The number of sulfone groups is 1. The number of para-hydroxylation sites is 1. The Morgan fingerprint density at radius 1 is 1.12 bits per heavy atom. The highest BCUT2D eigenvalue weighted by Crippen LogP contribution is 2.31. The lowest BCUT2D eigenvalue weighted by Gasteiger charge is -2.23. The molecule has 1 aliphatic heterocycles. The third-order valence-electron chi connectivity index (χ3n) is 6.73. The Bertz CT molecular complexity index is 1370. The predicted octanol–water partition coefficient (Wildman–Crippen LogP) is 3.91. The number of hydrogen-bond acceptors (Lipinski definition) is 6. The summed E-state index contributed by atoms with van der Waals surface area (Å²) in [6.45, 7) is 10.1. The second kappa shape index (κ2) is 8.48. The first-order valence-corrected chi connectivity index (χ1v) is 13.2. The highest BCUT2D eigenvalue weighted by atomic mass is 32.2. The number of benzene rings is 2. The summed E-state index contributed by atoms with van der Waals surface area (Å²) in [5.74, 6) is 1.74. The monoisotopic (exact) mass is 468 g/mol. The van der Waals surface area contributed by atoms with Crippen LogP contribution in [0.3, 0.4) is 0 Å². The van der Waals surface area contributed by atoms with E-state index in [0.29, 0.717) is 34.4 Å². The van der Waals surface area contributed by atoms with E-state index in [2.05, 4.69) is 24.1 Å². The van der Waals surface area contributed by atoms with Gasteiger partial charge in [0, 0.05) is 32.0 Å². The summed E-state index contributed by atoms with van der Waals surface area (Å²) in [6.07, 6.45) is 1.20. The Morgan fingerprint density at radius 3 is 2.39 bits per heavy atom. The predicted molar refractivity (Wildman–Crippen MR) is 134 cm³/mol. The molecule has 0 amide bonds. The lowest BCUT2D eigenvalue weighted by Crippen LogP contribution is -2.30. The number of rotatable bonds is 5. The maximum atomic E-state index is 13.3. The highest BCUT2D eigenvalue weighted by Gasteiger charge is 2.29. The van der Waals surface area contributed by atoms with Gasteiger partial charge in [-0.25, -0.2) is 13.4 Å². The van der Waals surface area contributed by atoms with Crippen LogP contribution in [0, 0.1) is 18.8 Å². The van der Waals surface area contributed by atoms with Crippen LogP contribution in [0.2, 0.25) is 0 Å². The van der Waals surface area contributed by atoms with Gasteiger partial charge in [-0.05, 0) is 49.4 Å². The molecule has 3 aromatic rings. The van der Waals surface area contributed by atoms with E-state index in [9.17, 15) is 13.2 Å². The first kappa shape index (κ1) is 23.3. The van der Waals surface area contributed by atoms with Crippen LogP contribution >= 0.6 is 0 Å². The molecule has 1 aromatic heterocycles. The first-order valence-electron chi connectivity index (χ1n) is 11.3. The van der Waals surface area contributed by atoms with Gasteiger partial charge in [0.1, 0.15) is 0 Å². The maximum Gasteiger partial charge on any atom is 0.262 e. The van der Waals surface area contributed by atoms with Crippen molar-refractivity contribution in [2.45, 2.75) is 38.6 Å². The van der Waals surface area contributed by atoms with Gasteiger partial charge < -0.3 is 10.2 Å². The fraction of sp³-hybridized carbons (Fsp3) is 0.440. The molecule has 1 N–H and O–H groups in total. The summed E-state index contributed by atoms with van der Waals surface area (Å²) in [6, 6.07) is 10.5. The van der Waals surface area contributed by atoms with Gasteiger partial charge in [-0.2, -0.15) is 0 Å². The van der Waals surface area contributed by atoms with E-state index in [4.69, 9.17) is 4.98 Å². The molecular formula is C25H32N4O3S. The Morgan fingerprint density at radius 2 is 1.76 bits per heavy atom. The topological polar surface area (TPSA) is 84.3 Å². The second-order valence-corrected chi connectivity index (χ2v) is 11.5. The van der Waals surface area contributed by atoms with E-state index in [-0.39, 0.29) is 16.5 Å². The normalized spacial score (nSPS) is 19.8. The summed E-state index contributed by atoms with van der Waals surface area (Å²) < 4.78 is 26.2. The number of nitrogens with one attached hydrogen (secondary N) is 1. The smallest absolute Gasteiger partial charge is 0.262 e. The summed E-state index contributed by atoms with van der Waals surface area (Å²) in [7, 11) is -1.61. The van der Waals surface area contributed by atoms with Crippen molar-refractivity contribution in [2.24, 2.45) is 18.9 Å². The molecule has 0 aliphatic carbocycles. The van der Waals surface area contributed by atoms with Gasteiger partial charge in [0.05, 0.1) is 27.5 Å². The van der Waals surface area contributed by atoms with Crippen molar-refractivity contribution in [1.29, 1.82) is 0 Å². The van der Waals surface area contributed by atoms with Crippen molar-refractivity contribution in [1.82, 2.24) is 9.55 Å². The Kier molecular flexibility index (Phi) is 5.99. The van der Waals surface area contributed by atoms with E-state index in [1.807, 2.05) is 26.0 Å². The van der Waals surface area contributed by atoms with Crippen LogP contribution < -0.4 is 15.8 Å². The fourth-order valence-corrected chi connectivity index (χ4v) is 5.52. The minimum Gasteiger partial charge on any atom is -0.377 e. The van der Waals surface area contributed by atoms with Crippen molar-refractivity contribution in [3.63, 3.8) is 0 Å². The molecule has 33 heavy (non-hydrogen) atoms. The van der Waals surface area contributed by atoms with E-state index < -0.39 is 9.84 Å². The van der Waals surface area contributed by atoms with E-state index >= 15 is 0 Å². The van der Waals surface area contributed by atoms with Crippen LogP contribution in [-0.2, 0) is 16.9 Å². The average molecular weight is 469 g/mol. The summed E-state index contributed by atoms with van der Waals surface area (Å²) >= 11 is 0. The molecule has 1 aliphatic rings. The van der Waals surface area contributed by atoms with Gasteiger partial charge in [0.2, 0.25) is 5.95 Å². The standard InChI is InChI=1S/C25H32N4O3S/c1-15-11-19(18(4)26-21-9-7-8-10-22(21)33(6,31)32)23-20(12-15)24(30)28(5)25(27-23)29-13-16(2)17(3)14-29/h7-12,16-18,26H,13-14H2,1-6H3/t16-,17+,18-/m1/s1. The molecule has 0 unspecified atom stereocenters. The lowest BCUT2D eigenvalue weighted by molar-refractivity contribution is 0.494. The molecule has 2 heterocycles. The molecule has 0 spiro atoms. The number of hydrogen-bond donors (Lipinski definition) is 1. The third-order valence-corrected chi connectivity index (χ3v) is 7.88. The number of anilines is 2. The van der Waals surface area contributed by atoms with Gasteiger partial charge >= 0.3 is 0 Å². The molecular weight excluding hydrogens is 436 g/mol. The van der Waals surface area contributed by atoms with Crippen LogP contribution in [0.4, 0.5) is 11.6 Å². The molecule has 7 nitrogen and oxygen atoms in total. The molecule has 1 saturated heterocycles. The summed E-state index contributed by atoms with van der Waals surface area (Å²) in [4.78, 5) is 20.8. The second-order valence-electron chi connectivity index (χ2n) is 9.52. The maximum absolute atomic E-state index is 13.3. The zero-order chi connectivity index (χ0) is 24.1. The van der Waals surface area contributed by atoms with Gasteiger partial charge in [-0.1, -0.05) is 32.0 Å². The van der Waals surface area contributed by atoms with Crippen LogP contribution in [0.1, 0.15) is 37.9 Å². The van der Waals surface area contributed by atoms with Crippen LogP contribution in [0.15, 0.2) is 46.1 Å². The van der Waals surface area contributed by atoms with Crippen molar-refractivity contribution in [3.05, 3.63) is 57.9 Å². The van der Waals surface area contributed by atoms with Crippen LogP contribution in [0.25, 0.3) is 10.9 Å². The van der Waals surface area contributed by atoms with Crippen LogP contribution in [0.5, 0.6) is 0 Å². The Hall–Kier alpha value is -2.87. The van der Waals surface area contributed by atoms with E-state index in [1.54, 1.807) is 35.9 Å². The van der Waals surface area contributed by atoms with Crippen molar-refractivity contribution in [2.75, 3.05) is 29.6 Å². The lowest BCUT2D eigenvalue weighted by atomic mass is 10.0. The number of aryl methyl sites for hydroxylation is 1. The summed E-state index contributed by atoms with van der Waals surface area (Å²) in [5.41, 5.74) is 2.94. The molecule has 2 aromatic carbocycles. The third kappa shape index (κ3) is 4.36. The highest BCUT2D eigenvalue weighted by molar-refractivity contribution is 7.90. The molecule has 0 saturated carbocycles. The number of fused-ring (bicyclic) bond motifs is 1. The van der Waals surface area contributed by atoms with Gasteiger partial charge in [0.25, 0.3) is 5.56 Å². The number of nitrogens with zero attached hydrogens (tertiary/aromatic N) is 3. The SMILES string of the molecule is Cc1cc([C@@H](C)Nc2ccccc2S(C)(=O)=O)c2nc(N3C[C@@H](C)[C@@H](C)C3)n(C)c(=O)c2c1. The van der Waals surface area contributed by atoms with Crippen molar-refractivity contribution >= 4 is 32.4 Å². The molecule has 8 heteroatoms. The molecule has 3 atom stereocenters. The Labute approximate surface area is 195 Å². The summed E-state index contributed by atoms with van der Waals surface area (Å²) in [5, 5.41) is 3.92. The van der Waals surface area contributed by atoms with Crippen molar-refractivity contribution in [3.8, 4) is 0 Å². The molecule has 176 valence electrons. The fourth-order valence-electron chi connectivity index (χ4n) is 4.67. The molecule has 0 radical (unpaired) electrons.